The van der Waals surface area contributed by atoms with Gasteiger partial charge in [-0.05, 0) is 42.5 Å². The summed E-state index contributed by atoms with van der Waals surface area (Å²) in [6.45, 7) is 5.93. The van der Waals surface area contributed by atoms with E-state index in [1.807, 2.05) is 69.3 Å². The molecule has 0 bridgehead atoms. The molecule has 2 amide bonds. The average Bonchev–Trinajstić information content (AvgIpc) is 2.85. The van der Waals surface area contributed by atoms with E-state index in [2.05, 4.69) is 0 Å². The largest absolute Gasteiger partial charge is 0.274 e. The van der Waals surface area contributed by atoms with Crippen molar-refractivity contribution >= 4 is 17.5 Å². The third-order valence-corrected chi connectivity index (χ3v) is 4.72. The Labute approximate surface area is 136 Å². The van der Waals surface area contributed by atoms with Crippen LogP contribution < -0.4 is 4.90 Å². The van der Waals surface area contributed by atoms with Crippen LogP contribution in [0.1, 0.15) is 36.0 Å². The number of anilines is 1. The maximum Gasteiger partial charge on any atom is 0.238 e. The van der Waals surface area contributed by atoms with E-state index < -0.39 is 0 Å². The van der Waals surface area contributed by atoms with E-state index in [1.54, 1.807) is 0 Å². The Bertz CT molecular complexity index is 751. The molecule has 0 spiro atoms. The van der Waals surface area contributed by atoms with Gasteiger partial charge >= 0.3 is 0 Å². The number of hydrogen-bond acceptors (Lipinski definition) is 2. The lowest BCUT2D eigenvalue weighted by molar-refractivity contribution is -0.122. The Morgan fingerprint density at radius 2 is 1.74 bits per heavy atom. The Kier molecular flexibility index (Phi) is 4.03. The van der Waals surface area contributed by atoms with E-state index >= 15 is 0 Å². The monoisotopic (exact) mass is 307 g/mol. The highest BCUT2D eigenvalue weighted by molar-refractivity contribution is 6.21. The predicted molar refractivity (Wildman–Crippen MR) is 91.4 cm³/mol. The number of benzene rings is 2. The summed E-state index contributed by atoms with van der Waals surface area (Å²) in [4.78, 5) is 26.8. The lowest BCUT2D eigenvalue weighted by Gasteiger charge is -2.20. The van der Waals surface area contributed by atoms with Crippen molar-refractivity contribution in [2.75, 3.05) is 4.90 Å². The second-order valence-electron chi connectivity index (χ2n) is 6.37. The first-order chi connectivity index (χ1) is 11.0. The molecule has 1 heterocycles. The SMILES string of the molecule is Cc1ccc(C)c(N2C(=O)C[C@@H]([C@H](C)c3ccccc3)C2=O)c1. The lowest BCUT2D eigenvalue weighted by Crippen LogP contribution is -2.32. The highest BCUT2D eigenvalue weighted by atomic mass is 16.2. The van der Waals surface area contributed by atoms with Crippen LogP contribution in [0.5, 0.6) is 0 Å². The fourth-order valence-electron chi connectivity index (χ4n) is 3.25. The van der Waals surface area contributed by atoms with E-state index in [-0.39, 0.29) is 30.1 Å². The van der Waals surface area contributed by atoms with E-state index in [9.17, 15) is 9.59 Å². The van der Waals surface area contributed by atoms with Crippen LogP contribution in [0, 0.1) is 19.8 Å². The van der Waals surface area contributed by atoms with Gasteiger partial charge in [-0.15, -0.1) is 0 Å². The molecule has 1 aliphatic heterocycles. The zero-order valence-corrected chi connectivity index (χ0v) is 13.7. The molecule has 0 radical (unpaired) electrons. The number of nitrogens with zero attached hydrogens (tertiary/aromatic N) is 1. The standard InChI is InChI=1S/C20H21NO2/c1-13-9-10-14(2)18(11-13)21-19(22)12-17(20(21)23)15(3)16-7-5-4-6-8-16/h4-11,15,17H,12H2,1-3H3/t15-,17+/m1/s1. The summed E-state index contributed by atoms with van der Waals surface area (Å²) in [5.41, 5.74) is 3.82. The minimum absolute atomic E-state index is 0.0303. The summed E-state index contributed by atoms with van der Waals surface area (Å²) in [7, 11) is 0. The maximum atomic E-state index is 12.9. The highest BCUT2D eigenvalue weighted by Gasteiger charge is 2.42. The van der Waals surface area contributed by atoms with Crippen molar-refractivity contribution < 1.29 is 9.59 Å². The molecular weight excluding hydrogens is 286 g/mol. The minimum Gasteiger partial charge on any atom is -0.274 e. The molecule has 0 aromatic heterocycles. The molecule has 0 N–H and O–H groups in total. The van der Waals surface area contributed by atoms with Gasteiger partial charge in [0.15, 0.2) is 0 Å². The van der Waals surface area contributed by atoms with Crippen molar-refractivity contribution in [3.8, 4) is 0 Å². The van der Waals surface area contributed by atoms with Crippen LogP contribution in [-0.2, 0) is 9.59 Å². The molecule has 118 valence electrons. The normalized spacial score (nSPS) is 19.3. The lowest BCUT2D eigenvalue weighted by atomic mass is 9.86. The third kappa shape index (κ3) is 2.79. The van der Waals surface area contributed by atoms with Gasteiger partial charge in [-0.2, -0.15) is 0 Å². The zero-order valence-electron chi connectivity index (χ0n) is 13.7. The molecule has 1 aliphatic rings. The van der Waals surface area contributed by atoms with Gasteiger partial charge in [-0.25, -0.2) is 0 Å². The van der Waals surface area contributed by atoms with E-state index in [1.165, 1.54) is 4.90 Å². The van der Waals surface area contributed by atoms with Gasteiger partial charge in [-0.1, -0.05) is 49.4 Å². The Morgan fingerprint density at radius 3 is 2.43 bits per heavy atom. The van der Waals surface area contributed by atoms with Crippen molar-refractivity contribution in [3.63, 3.8) is 0 Å². The summed E-state index contributed by atoms with van der Waals surface area (Å²) < 4.78 is 0. The number of carbonyl (C=O) groups is 2. The second kappa shape index (κ2) is 5.99. The number of aryl methyl sites for hydroxylation is 2. The van der Waals surface area contributed by atoms with Crippen LogP contribution in [0.15, 0.2) is 48.5 Å². The molecule has 0 unspecified atom stereocenters. The number of imide groups is 1. The van der Waals surface area contributed by atoms with Crippen molar-refractivity contribution in [2.45, 2.75) is 33.1 Å². The number of amides is 2. The molecule has 2 aromatic rings. The van der Waals surface area contributed by atoms with E-state index in [0.717, 1.165) is 22.4 Å². The molecule has 1 fully saturated rings. The number of hydrogen-bond donors (Lipinski definition) is 0. The molecular formula is C20H21NO2. The van der Waals surface area contributed by atoms with Gasteiger partial charge in [0, 0.05) is 6.42 Å². The van der Waals surface area contributed by atoms with Crippen LogP contribution >= 0.6 is 0 Å². The summed E-state index contributed by atoms with van der Waals surface area (Å²) >= 11 is 0. The molecule has 2 aromatic carbocycles. The van der Waals surface area contributed by atoms with Gasteiger partial charge in [0.1, 0.15) is 0 Å². The van der Waals surface area contributed by atoms with Gasteiger partial charge in [-0.3, -0.25) is 14.5 Å². The molecule has 3 heteroatoms. The zero-order chi connectivity index (χ0) is 16.6. The maximum absolute atomic E-state index is 12.9. The minimum atomic E-state index is -0.287. The first-order valence-electron chi connectivity index (χ1n) is 7.98. The molecule has 0 aliphatic carbocycles. The first-order valence-corrected chi connectivity index (χ1v) is 7.98. The van der Waals surface area contributed by atoms with Crippen molar-refractivity contribution in [3.05, 3.63) is 65.2 Å². The van der Waals surface area contributed by atoms with Crippen molar-refractivity contribution in [1.29, 1.82) is 0 Å². The predicted octanol–water partition coefficient (Wildman–Crippen LogP) is 3.99. The third-order valence-electron chi connectivity index (χ3n) is 4.72. The average molecular weight is 307 g/mol. The van der Waals surface area contributed by atoms with Gasteiger partial charge in [0.05, 0.1) is 11.6 Å². The van der Waals surface area contributed by atoms with Crippen LogP contribution in [0.25, 0.3) is 0 Å². The van der Waals surface area contributed by atoms with Crippen molar-refractivity contribution in [2.24, 2.45) is 5.92 Å². The summed E-state index contributed by atoms with van der Waals surface area (Å²) in [5, 5.41) is 0. The molecule has 1 saturated heterocycles. The fraction of sp³-hybridized carbons (Fsp3) is 0.300. The topological polar surface area (TPSA) is 37.4 Å². The molecule has 2 atom stereocenters. The number of carbonyl (C=O) groups excluding carboxylic acids is 2. The fourth-order valence-corrected chi connectivity index (χ4v) is 3.25. The Balaban J connectivity index is 1.93. The molecule has 0 saturated carbocycles. The van der Waals surface area contributed by atoms with Gasteiger partial charge in [0.25, 0.3) is 0 Å². The van der Waals surface area contributed by atoms with Crippen LogP contribution in [0.2, 0.25) is 0 Å². The van der Waals surface area contributed by atoms with Crippen LogP contribution in [0.4, 0.5) is 5.69 Å². The molecule has 3 rings (SSSR count). The summed E-state index contributed by atoms with van der Waals surface area (Å²) in [5.74, 6) is -0.441. The Hall–Kier alpha value is -2.42. The number of rotatable bonds is 3. The quantitative estimate of drug-likeness (QED) is 0.804. The van der Waals surface area contributed by atoms with E-state index in [4.69, 9.17) is 0 Å². The van der Waals surface area contributed by atoms with Crippen LogP contribution in [-0.4, -0.2) is 11.8 Å². The van der Waals surface area contributed by atoms with Gasteiger partial charge < -0.3 is 0 Å². The molecule has 3 nitrogen and oxygen atoms in total. The summed E-state index contributed by atoms with van der Waals surface area (Å²) in [6, 6.07) is 15.8. The first kappa shape index (κ1) is 15.5. The van der Waals surface area contributed by atoms with Crippen molar-refractivity contribution in [1.82, 2.24) is 0 Å². The van der Waals surface area contributed by atoms with E-state index in [0.29, 0.717) is 0 Å². The smallest absolute Gasteiger partial charge is 0.238 e. The second-order valence-corrected chi connectivity index (χ2v) is 6.37. The van der Waals surface area contributed by atoms with Crippen LogP contribution in [0.3, 0.4) is 0 Å². The molecule has 23 heavy (non-hydrogen) atoms. The Morgan fingerprint density at radius 1 is 1.04 bits per heavy atom. The highest BCUT2D eigenvalue weighted by Crippen LogP contribution is 2.36. The summed E-state index contributed by atoms with van der Waals surface area (Å²) in [6.07, 6.45) is 0.280. The van der Waals surface area contributed by atoms with Gasteiger partial charge in [0.2, 0.25) is 11.8 Å².